The van der Waals surface area contributed by atoms with Gasteiger partial charge in [-0.1, -0.05) is 13.8 Å². The molecule has 126 valence electrons. The van der Waals surface area contributed by atoms with Crippen LogP contribution in [0.4, 0.5) is 0 Å². The summed E-state index contributed by atoms with van der Waals surface area (Å²) in [6.45, 7) is 4.77. The van der Waals surface area contributed by atoms with Gasteiger partial charge in [0.15, 0.2) is 0 Å². The van der Waals surface area contributed by atoms with Crippen molar-refractivity contribution in [3.8, 4) is 0 Å². The number of fused-ring (bicyclic) bond motifs is 5. The molecule has 3 nitrogen and oxygen atoms in total. The largest absolute Gasteiger partial charge is 0.390 e. The van der Waals surface area contributed by atoms with E-state index < -0.39 is 12.2 Å². The fraction of sp³-hybridized carbons (Fsp3) is 1.00. The maximum Gasteiger partial charge on any atom is 0.0855 e. The Morgan fingerprint density at radius 1 is 0.864 bits per heavy atom. The molecule has 0 radical (unpaired) electrons. The minimum atomic E-state index is -0.510. The Bertz CT molecular complexity index is 455. The molecule has 0 aromatic heterocycles. The summed E-state index contributed by atoms with van der Waals surface area (Å²) in [7, 11) is 0. The van der Waals surface area contributed by atoms with Gasteiger partial charge in [-0.3, -0.25) is 0 Å². The number of aliphatic hydroxyl groups is 2. The van der Waals surface area contributed by atoms with Gasteiger partial charge in [0, 0.05) is 6.04 Å². The maximum atomic E-state index is 10.5. The van der Waals surface area contributed by atoms with E-state index in [-0.39, 0.29) is 5.41 Å². The Morgan fingerprint density at radius 3 is 2.36 bits per heavy atom. The lowest BCUT2D eigenvalue weighted by molar-refractivity contribution is -0.125. The highest BCUT2D eigenvalue weighted by Crippen LogP contribution is 2.66. The lowest BCUT2D eigenvalue weighted by atomic mass is 9.45. The van der Waals surface area contributed by atoms with Crippen LogP contribution in [0.15, 0.2) is 0 Å². The second kappa shape index (κ2) is 4.94. The van der Waals surface area contributed by atoms with E-state index in [9.17, 15) is 10.2 Å². The number of aliphatic hydroxyl groups excluding tert-OH is 2. The van der Waals surface area contributed by atoms with E-state index in [2.05, 4.69) is 13.8 Å². The molecule has 4 unspecified atom stereocenters. The van der Waals surface area contributed by atoms with Crippen LogP contribution in [-0.4, -0.2) is 28.5 Å². The van der Waals surface area contributed by atoms with Gasteiger partial charge in [0.2, 0.25) is 0 Å². The van der Waals surface area contributed by atoms with Crippen molar-refractivity contribution in [2.75, 3.05) is 0 Å². The van der Waals surface area contributed by atoms with Crippen molar-refractivity contribution in [1.29, 1.82) is 0 Å². The average Bonchev–Trinajstić information content (AvgIpc) is 2.72. The molecular formula is C19H33NO2. The quantitative estimate of drug-likeness (QED) is 0.644. The van der Waals surface area contributed by atoms with Crippen LogP contribution in [0.5, 0.6) is 0 Å². The van der Waals surface area contributed by atoms with Crippen LogP contribution in [-0.2, 0) is 0 Å². The van der Waals surface area contributed by atoms with Crippen LogP contribution in [0, 0.1) is 34.5 Å². The molecule has 0 aromatic rings. The third-order valence-corrected chi connectivity index (χ3v) is 8.68. The predicted octanol–water partition coefficient (Wildman–Crippen LogP) is 2.69. The molecule has 0 spiro atoms. The van der Waals surface area contributed by atoms with E-state index in [0.717, 1.165) is 24.7 Å². The lowest BCUT2D eigenvalue weighted by Crippen LogP contribution is -2.55. The molecule has 4 aliphatic carbocycles. The standard InChI is InChI=1S/C19H33NO2/c1-18-7-5-12(20)9-11(18)3-4-13-14(18)6-8-19(2)15(13)10-16(21)17(19)22/h11-17,21-22H,3-10,20H2,1-2H3/t11?,12?,13-,14-,15+,16?,17?,18+,19+/m1/s1. The Balaban J connectivity index is 1.63. The molecule has 4 saturated carbocycles. The van der Waals surface area contributed by atoms with Crippen LogP contribution in [0.25, 0.3) is 0 Å². The van der Waals surface area contributed by atoms with Crippen LogP contribution < -0.4 is 5.73 Å². The van der Waals surface area contributed by atoms with E-state index in [1.165, 1.54) is 38.5 Å². The zero-order valence-corrected chi connectivity index (χ0v) is 14.2. The van der Waals surface area contributed by atoms with Gasteiger partial charge in [0.05, 0.1) is 12.2 Å². The van der Waals surface area contributed by atoms with Crippen molar-refractivity contribution in [2.45, 2.75) is 83.5 Å². The molecule has 0 bridgehead atoms. The van der Waals surface area contributed by atoms with Crippen LogP contribution in [0.1, 0.15) is 65.2 Å². The molecule has 9 atom stereocenters. The van der Waals surface area contributed by atoms with Crippen molar-refractivity contribution in [3.63, 3.8) is 0 Å². The number of nitrogens with two attached hydrogens (primary N) is 1. The first-order chi connectivity index (χ1) is 10.4. The first-order valence-corrected chi connectivity index (χ1v) is 9.48. The Kier molecular flexibility index (Phi) is 3.46. The molecule has 4 fully saturated rings. The molecular weight excluding hydrogens is 274 g/mol. The van der Waals surface area contributed by atoms with Crippen LogP contribution in [0.3, 0.4) is 0 Å². The van der Waals surface area contributed by atoms with Gasteiger partial charge in [0.1, 0.15) is 0 Å². The second-order valence-corrected chi connectivity index (χ2v) is 9.48. The first-order valence-electron chi connectivity index (χ1n) is 9.48. The molecule has 0 heterocycles. The summed E-state index contributed by atoms with van der Waals surface area (Å²) in [5.41, 5.74) is 6.66. The fourth-order valence-electron chi connectivity index (χ4n) is 7.28. The molecule has 0 aromatic carbocycles. The maximum absolute atomic E-state index is 10.5. The smallest absolute Gasteiger partial charge is 0.0855 e. The van der Waals surface area contributed by atoms with E-state index >= 15 is 0 Å². The number of hydrogen-bond acceptors (Lipinski definition) is 3. The van der Waals surface area contributed by atoms with Gasteiger partial charge >= 0.3 is 0 Å². The molecule has 0 aliphatic heterocycles. The summed E-state index contributed by atoms with van der Waals surface area (Å²) in [4.78, 5) is 0. The minimum Gasteiger partial charge on any atom is -0.390 e. The van der Waals surface area contributed by atoms with E-state index in [0.29, 0.717) is 23.3 Å². The minimum absolute atomic E-state index is 0.0468. The van der Waals surface area contributed by atoms with Gasteiger partial charge in [-0.05, 0) is 85.9 Å². The molecule has 4 N–H and O–H groups in total. The summed E-state index contributed by atoms with van der Waals surface area (Å²) < 4.78 is 0. The first kappa shape index (κ1) is 15.4. The number of rotatable bonds is 0. The monoisotopic (exact) mass is 307 g/mol. The zero-order valence-electron chi connectivity index (χ0n) is 14.2. The third-order valence-electron chi connectivity index (χ3n) is 8.68. The topological polar surface area (TPSA) is 66.5 Å². The van der Waals surface area contributed by atoms with Gasteiger partial charge in [-0.15, -0.1) is 0 Å². The summed E-state index contributed by atoms with van der Waals surface area (Å²) >= 11 is 0. The summed E-state index contributed by atoms with van der Waals surface area (Å²) in [6, 6.07) is 0.415. The summed E-state index contributed by atoms with van der Waals surface area (Å²) in [6.07, 6.45) is 8.42. The SMILES string of the molecule is C[C@]12CCC(N)CC1CC[C@@H]1[C@H]2CC[C@]2(C)C(O)C(O)C[C@@H]12. The van der Waals surface area contributed by atoms with Crippen molar-refractivity contribution in [2.24, 2.45) is 40.2 Å². The highest BCUT2D eigenvalue weighted by atomic mass is 16.3. The zero-order chi connectivity index (χ0) is 15.7. The molecule has 22 heavy (non-hydrogen) atoms. The Hall–Kier alpha value is -0.120. The van der Waals surface area contributed by atoms with Crippen molar-refractivity contribution in [3.05, 3.63) is 0 Å². The van der Waals surface area contributed by atoms with Crippen LogP contribution in [0.2, 0.25) is 0 Å². The molecule has 3 heteroatoms. The highest BCUT2D eigenvalue weighted by Gasteiger charge is 2.61. The molecule has 0 amide bonds. The summed E-state index contributed by atoms with van der Waals surface area (Å²) in [5, 5.41) is 20.8. The third kappa shape index (κ3) is 1.91. The second-order valence-electron chi connectivity index (χ2n) is 9.48. The average molecular weight is 307 g/mol. The fourth-order valence-corrected chi connectivity index (χ4v) is 7.28. The van der Waals surface area contributed by atoms with Gasteiger partial charge in [0.25, 0.3) is 0 Å². The van der Waals surface area contributed by atoms with Gasteiger partial charge < -0.3 is 15.9 Å². The van der Waals surface area contributed by atoms with Crippen molar-refractivity contribution >= 4 is 0 Å². The van der Waals surface area contributed by atoms with E-state index in [1.54, 1.807) is 0 Å². The number of hydrogen-bond donors (Lipinski definition) is 3. The molecule has 0 saturated heterocycles. The lowest BCUT2D eigenvalue weighted by Gasteiger charge is -2.60. The highest BCUT2D eigenvalue weighted by molar-refractivity contribution is 5.11. The Morgan fingerprint density at radius 2 is 1.59 bits per heavy atom. The predicted molar refractivity (Wildman–Crippen MR) is 87.1 cm³/mol. The molecule has 4 rings (SSSR count). The van der Waals surface area contributed by atoms with Crippen molar-refractivity contribution < 1.29 is 10.2 Å². The normalized spacial score (nSPS) is 61.2. The Labute approximate surface area is 134 Å². The van der Waals surface area contributed by atoms with Crippen LogP contribution >= 0.6 is 0 Å². The summed E-state index contributed by atoms with van der Waals surface area (Å²) in [5.74, 6) is 2.82. The molecule has 4 aliphatic rings. The van der Waals surface area contributed by atoms with Crippen molar-refractivity contribution in [1.82, 2.24) is 0 Å². The van der Waals surface area contributed by atoms with E-state index in [1.807, 2.05) is 0 Å². The van der Waals surface area contributed by atoms with Gasteiger partial charge in [-0.25, -0.2) is 0 Å². The van der Waals surface area contributed by atoms with Gasteiger partial charge in [-0.2, -0.15) is 0 Å². The van der Waals surface area contributed by atoms with E-state index in [4.69, 9.17) is 5.73 Å².